The van der Waals surface area contributed by atoms with Gasteiger partial charge in [0.1, 0.15) is 6.54 Å². The lowest BCUT2D eigenvalue weighted by Crippen LogP contribution is -2.36. The molecule has 5 heteroatoms. The van der Waals surface area contributed by atoms with Gasteiger partial charge in [0.05, 0.1) is 5.56 Å². The molecule has 21 heavy (non-hydrogen) atoms. The lowest BCUT2D eigenvalue weighted by molar-refractivity contribution is -0.698. The van der Waals surface area contributed by atoms with Crippen LogP contribution in [-0.2, 0) is 27.2 Å². The number of aromatic nitrogens is 1. The molecule has 0 bridgehead atoms. The summed E-state index contributed by atoms with van der Waals surface area (Å²) in [5.74, 6) is -0.487. The lowest BCUT2D eigenvalue weighted by atomic mass is 10.0. The van der Waals surface area contributed by atoms with Gasteiger partial charge < -0.3 is 19.4 Å². The van der Waals surface area contributed by atoms with Crippen LogP contribution in [0.15, 0.2) is 12.4 Å². The third-order valence-electron chi connectivity index (χ3n) is 4.14. The highest BCUT2D eigenvalue weighted by atomic mass is 16.7. The van der Waals surface area contributed by atoms with E-state index in [9.17, 15) is 9.90 Å². The second-order valence-electron chi connectivity index (χ2n) is 5.60. The monoisotopic (exact) mass is 293 g/mol. The summed E-state index contributed by atoms with van der Waals surface area (Å²) in [5.41, 5.74) is 3.68. The Morgan fingerprint density at radius 3 is 2.76 bits per heavy atom. The van der Waals surface area contributed by atoms with Gasteiger partial charge in [-0.05, 0) is 30.7 Å². The van der Waals surface area contributed by atoms with E-state index in [0.29, 0.717) is 18.9 Å². The highest BCUT2D eigenvalue weighted by Crippen LogP contribution is 2.36. The number of methoxy groups -OCH3 is 2. The zero-order chi connectivity index (χ0) is 15.4. The van der Waals surface area contributed by atoms with Crippen LogP contribution in [0.5, 0.6) is 0 Å². The predicted molar refractivity (Wildman–Crippen MR) is 74.4 cm³/mol. The summed E-state index contributed by atoms with van der Waals surface area (Å²) in [6.45, 7) is 2.87. The average molecular weight is 293 g/mol. The predicted octanol–water partition coefficient (Wildman–Crippen LogP) is 0.845. The fourth-order valence-corrected chi connectivity index (χ4v) is 3.04. The topological polar surface area (TPSA) is 62.5 Å². The molecule has 0 amide bonds. The standard InChI is InChI=1S/C16H23NO4/c1-11-6-7-12-13(11)9-17(8-4-5-15(18)19)10-14(12)16(20-2)21-3/h9-11,16H,4-8H2,1-3H3. The van der Waals surface area contributed by atoms with Gasteiger partial charge in [-0.15, -0.1) is 0 Å². The maximum absolute atomic E-state index is 10.5. The Morgan fingerprint density at radius 1 is 1.43 bits per heavy atom. The van der Waals surface area contributed by atoms with Crippen molar-refractivity contribution >= 4 is 5.97 Å². The molecular weight excluding hydrogens is 270 g/mol. The van der Waals surface area contributed by atoms with Gasteiger partial charge in [-0.1, -0.05) is 6.92 Å². The van der Waals surface area contributed by atoms with Crippen molar-refractivity contribution < 1.29 is 23.9 Å². The lowest BCUT2D eigenvalue weighted by Gasteiger charge is -2.16. The summed E-state index contributed by atoms with van der Waals surface area (Å²) in [7, 11) is 3.26. The number of hydrogen-bond donors (Lipinski definition) is 0. The number of aliphatic carboxylic acids is 1. The number of pyridine rings is 1. The molecule has 0 N–H and O–H groups in total. The highest BCUT2D eigenvalue weighted by Gasteiger charge is 2.29. The number of aryl methyl sites for hydroxylation is 1. The van der Waals surface area contributed by atoms with Crippen molar-refractivity contribution in [2.75, 3.05) is 14.2 Å². The molecule has 0 saturated carbocycles. The second-order valence-corrected chi connectivity index (χ2v) is 5.60. The zero-order valence-electron chi connectivity index (χ0n) is 12.9. The van der Waals surface area contributed by atoms with Gasteiger partial charge in [-0.2, -0.15) is 0 Å². The molecule has 0 aliphatic heterocycles. The van der Waals surface area contributed by atoms with Crippen LogP contribution in [0, 0.1) is 0 Å². The first-order valence-electron chi connectivity index (χ1n) is 7.38. The number of carbonyl (C=O) groups is 1. The molecular formula is C16H23NO4. The van der Waals surface area contributed by atoms with Gasteiger partial charge in [-0.3, -0.25) is 0 Å². The Labute approximate surface area is 125 Å². The number of rotatable bonds is 7. The van der Waals surface area contributed by atoms with Gasteiger partial charge in [0.15, 0.2) is 18.7 Å². The number of fused-ring (bicyclic) bond motifs is 1. The molecule has 1 aliphatic carbocycles. The molecule has 1 unspecified atom stereocenters. The Balaban J connectivity index is 2.28. The van der Waals surface area contributed by atoms with Gasteiger partial charge in [0.25, 0.3) is 0 Å². The number of carbonyl (C=O) groups excluding carboxylic acids is 1. The van der Waals surface area contributed by atoms with Crippen LogP contribution >= 0.6 is 0 Å². The molecule has 1 heterocycles. The van der Waals surface area contributed by atoms with Crippen molar-refractivity contribution in [1.82, 2.24) is 0 Å². The van der Waals surface area contributed by atoms with Crippen molar-refractivity contribution in [2.45, 2.75) is 51.4 Å². The summed E-state index contributed by atoms with van der Waals surface area (Å²) in [6.07, 6.45) is 6.58. The van der Waals surface area contributed by atoms with E-state index < -0.39 is 5.97 Å². The first kappa shape index (κ1) is 15.9. The van der Waals surface area contributed by atoms with Crippen molar-refractivity contribution in [3.8, 4) is 0 Å². The molecule has 1 aromatic rings. The molecule has 0 fully saturated rings. The molecule has 0 saturated heterocycles. The minimum absolute atomic E-state index is 0.0763. The Morgan fingerprint density at radius 2 is 2.14 bits per heavy atom. The molecule has 1 atom stereocenters. The zero-order valence-corrected chi connectivity index (χ0v) is 12.9. The van der Waals surface area contributed by atoms with E-state index in [-0.39, 0.29) is 12.7 Å². The first-order valence-corrected chi connectivity index (χ1v) is 7.38. The van der Waals surface area contributed by atoms with Gasteiger partial charge >= 0.3 is 0 Å². The molecule has 0 spiro atoms. The number of carboxylic acids is 1. The minimum atomic E-state index is -1.00. The largest absolute Gasteiger partial charge is 0.550 e. The van der Waals surface area contributed by atoms with Crippen LogP contribution in [0.4, 0.5) is 0 Å². The normalized spacial score (nSPS) is 17.2. The van der Waals surface area contributed by atoms with Gasteiger partial charge in [0.2, 0.25) is 0 Å². The molecule has 5 nitrogen and oxygen atoms in total. The van der Waals surface area contributed by atoms with E-state index in [0.717, 1.165) is 18.4 Å². The Kier molecular flexibility index (Phi) is 5.31. The summed E-state index contributed by atoms with van der Waals surface area (Å²) in [5, 5.41) is 10.5. The van der Waals surface area contributed by atoms with Crippen LogP contribution in [-0.4, -0.2) is 20.2 Å². The third-order valence-corrected chi connectivity index (χ3v) is 4.14. The summed E-state index contributed by atoms with van der Waals surface area (Å²) in [4.78, 5) is 10.5. The maximum Gasteiger partial charge on any atom is 0.189 e. The van der Waals surface area contributed by atoms with E-state index in [4.69, 9.17) is 9.47 Å². The van der Waals surface area contributed by atoms with Crippen molar-refractivity contribution in [3.05, 3.63) is 29.1 Å². The van der Waals surface area contributed by atoms with Crippen molar-refractivity contribution in [1.29, 1.82) is 0 Å². The van der Waals surface area contributed by atoms with E-state index in [1.807, 2.05) is 10.8 Å². The fraction of sp³-hybridized carbons (Fsp3) is 0.625. The molecule has 0 aromatic carbocycles. The van der Waals surface area contributed by atoms with E-state index in [1.54, 1.807) is 14.2 Å². The number of hydrogen-bond acceptors (Lipinski definition) is 4. The smallest absolute Gasteiger partial charge is 0.189 e. The second kappa shape index (κ2) is 7.00. The Hall–Kier alpha value is -1.46. The molecule has 1 aromatic heterocycles. The van der Waals surface area contributed by atoms with Crippen molar-refractivity contribution in [2.24, 2.45) is 0 Å². The van der Waals surface area contributed by atoms with Gasteiger partial charge in [0, 0.05) is 32.2 Å². The Bertz CT molecular complexity index is 511. The third kappa shape index (κ3) is 3.60. The van der Waals surface area contributed by atoms with Gasteiger partial charge in [-0.25, -0.2) is 4.57 Å². The van der Waals surface area contributed by atoms with E-state index >= 15 is 0 Å². The van der Waals surface area contributed by atoms with Crippen LogP contribution in [0.25, 0.3) is 0 Å². The molecule has 116 valence electrons. The molecule has 2 rings (SSSR count). The number of nitrogens with zero attached hydrogens (tertiary/aromatic N) is 1. The van der Waals surface area contributed by atoms with Crippen LogP contribution in [0.1, 0.15) is 55.1 Å². The average Bonchev–Trinajstić information content (AvgIpc) is 2.82. The first-order chi connectivity index (χ1) is 10.1. The maximum atomic E-state index is 10.5. The summed E-state index contributed by atoms with van der Waals surface area (Å²) in [6, 6.07) is 0. The molecule has 1 aliphatic rings. The SMILES string of the molecule is COC(OC)c1c[n+](CCCC(=O)[O-])cc2c1CCC2C. The quantitative estimate of drug-likeness (QED) is 0.552. The fourth-order valence-electron chi connectivity index (χ4n) is 3.04. The van der Waals surface area contributed by atoms with Crippen molar-refractivity contribution in [3.63, 3.8) is 0 Å². The summed E-state index contributed by atoms with van der Waals surface area (Å²) < 4.78 is 12.9. The summed E-state index contributed by atoms with van der Waals surface area (Å²) >= 11 is 0. The van der Waals surface area contributed by atoms with Crippen LogP contribution in [0.2, 0.25) is 0 Å². The number of carboxylic acid groups (broad SMARTS) is 1. The van der Waals surface area contributed by atoms with E-state index in [1.165, 1.54) is 11.1 Å². The minimum Gasteiger partial charge on any atom is -0.550 e. The molecule has 0 radical (unpaired) electrons. The van der Waals surface area contributed by atoms with Crippen LogP contribution in [0.3, 0.4) is 0 Å². The number of ether oxygens (including phenoxy) is 2. The van der Waals surface area contributed by atoms with Crippen LogP contribution < -0.4 is 9.67 Å². The highest BCUT2D eigenvalue weighted by molar-refractivity contribution is 5.63. The van der Waals surface area contributed by atoms with E-state index in [2.05, 4.69) is 13.1 Å².